The number of pyridine rings is 1. The fourth-order valence-corrected chi connectivity index (χ4v) is 1.10. The third kappa shape index (κ3) is 3.89. The van der Waals surface area contributed by atoms with Gasteiger partial charge in [0.25, 0.3) is 0 Å². The molecule has 74 valence electrons. The summed E-state index contributed by atoms with van der Waals surface area (Å²) in [5.74, 6) is 0.0701. The van der Waals surface area contributed by atoms with Crippen LogP contribution in [-0.4, -0.2) is 29.1 Å². The Morgan fingerprint density at radius 2 is 2.36 bits per heavy atom. The number of carbonyl (C=O) groups is 1. The molecule has 0 bridgehead atoms. The van der Waals surface area contributed by atoms with Gasteiger partial charge in [0.2, 0.25) is 0 Å². The average Bonchev–Trinajstić information content (AvgIpc) is 2.16. The van der Waals surface area contributed by atoms with Crippen LogP contribution < -0.4 is 0 Å². The van der Waals surface area contributed by atoms with Crippen molar-refractivity contribution in [1.82, 2.24) is 4.98 Å². The molecule has 4 nitrogen and oxygen atoms in total. The Morgan fingerprint density at radius 3 is 2.93 bits per heavy atom. The second-order valence-corrected chi connectivity index (χ2v) is 3.18. The SMILES string of the molecule is C[N+](=O)CCC(=O)Cc1cccnc1. The van der Waals surface area contributed by atoms with Gasteiger partial charge >= 0.3 is 0 Å². The van der Waals surface area contributed by atoms with Crippen molar-refractivity contribution >= 4 is 5.78 Å². The molecule has 1 aromatic heterocycles. The number of aromatic nitrogens is 1. The summed E-state index contributed by atoms with van der Waals surface area (Å²) in [5, 5.41) is 0. The van der Waals surface area contributed by atoms with E-state index in [0.29, 0.717) is 12.8 Å². The van der Waals surface area contributed by atoms with Gasteiger partial charge in [-0.15, -0.1) is 0 Å². The molecule has 4 heteroatoms. The summed E-state index contributed by atoms with van der Waals surface area (Å²) in [6.07, 6.45) is 3.99. The van der Waals surface area contributed by atoms with Crippen molar-refractivity contribution in [3.8, 4) is 0 Å². The maximum absolute atomic E-state index is 11.3. The molecule has 0 atom stereocenters. The summed E-state index contributed by atoms with van der Waals surface area (Å²) < 4.78 is 0.765. The van der Waals surface area contributed by atoms with Gasteiger partial charge in [0, 0.05) is 23.7 Å². The van der Waals surface area contributed by atoms with Crippen LogP contribution in [0.4, 0.5) is 0 Å². The average molecular weight is 193 g/mol. The van der Waals surface area contributed by atoms with Crippen LogP contribution >= 0.6 is 0 Å². The molecule has 0 aliphatic heterocycles. The van der Waals surface area contributed by atoms with E-state index in [1.54, 1.807) is 18.5 Å². The summed E-state index contributed by atoms with van der Waals surface area (Å²) in [6, 6.07) is 3.65. The lowest BCUT2D eigenvalue weighted by Gasteiger charge is -1.96. The van der Waals surface area contributed by atoms with Gasteiger partial charge in [-0.05, 0) is 16.4 Å². The second kappa shape index (κ2) is 5.21. The van der Waals surface area contributed by atoms with Crippen molar-refractivity contribution in [1.29, 1.82) is 0 Å². The molecule has 0 aliphatic rings. The van der Waals surface area contributed by atoms with Gasteiger partial charge in [-0.25, -0.2) is 0 Å². The summed E-state index contributed by atoms with van der Waals surface area (Å²) in [5.41, 5.74) is 0.894. The maximum Gasteiger partial charge on any atom is 0.198 e. The Balaban J connectivity index is 2.38. The van der Waals surface area contributed by atoms with Crippen LogP contribution in [0.15, 0.2) is 24.5 Å². The number of Topliss-reactive ketones (excluding diaryl/α,β-unsaturated/α-hetero) is 1. The molecule has 0 spiro atoms. The van der Waals surface area contributed by atoms with Gasteiger partial charge in [-0.3, -0.25) is 9.78 Å². The Labute approximate surface area is 82.5 Å². The standard InChI is InChI=1S/C10H13N2O2/c1-12(14)6-4-10(13)7-9-3-2-5-11-8-9/h2-3,5,8H,4,6-7H2,1H3/q+1. The molecule has 0 fully saturated rings. The molecule has 0 unspecified atom stereocenters. The maximum atomic E-state index is 11.3. The van der Waals surface area contributed by atoms with Crippen molar-refractivity contribution in [2.75, 3.05) is 13.6 Å². The molecule has 0 aliphatic carbocycles. The minimum atomic E-state index is 0.0701. The number of hydrogen-bond donors (Lipinski definition) is 0. The van der Waals surface area contributed by atoms with Gasteiger partial charge in [-0.2, -0.15) is 0 Å². The monoisotopic (exact) mass is 193 g/mol. The van der Waals surface area contributed by atoms with Gasteiger partial charge in [0.1, 0.15) is 5.78 Å². The number of nitrogens with zero attached hydrogens (tertiary/aromatic N) is 2. The summed E-state index contributed by atoms with van der Waals surface area (Å²) in [7, 11) is 1.41. The first kappa shape index (κ1) is 10.5. The van der Waals surface area contributed by atoms with E-state index in [2.05, 4.69) is 4.98 Å². The van der Waals surface area contributed by atoms with E-state index in [0.717, 1.165) is 10.3 Å². The zero-order valence-electron chi connectivity index (χ0n) is 8.14. The lowest BCUT2D eigenvalue weighted by Crippen LogP contribution is -2.11. The fourth-order valence-electron chi connectivity index (χ4n) is 1.10. The molecule has 0 N–H and O–H groups in total. The highest BCUT2D eigenvalue weighted by Gasteiger charge is 2.08. The zero-order chi connectivity index (χ0) is 10.4. The second-order valence-electron chi connectivity index (χ2n) is 3.18. The zero-order valence-corrected chi connectivity index (χ0v) is 8.14. The highest BCUT2D eigenvalue weighted by molar-refractivity contribution is 5.80. The number of rotatable bonds is 5. The minimum absolute atomic E-state index is 0.0701. The quantitative estimate of drug-likeness (QED) is 0.655. The molecular formula is C10H13N2O2+. The predicted octanol–water partition coefficient (Wildman–Crippen LogP) is 0.992. The summed E-state index contributed by atoms with van der Waals surface area (Å²) in [6.45, 7) is 0.263. The van der Waals surface area contributed by atoms with Crippen LogP contribution in [0.5, 0.6) is 0 Å². The Hall–Kier alpha value is -1.58. The molecule has 0 amide bonds. The molecule has 0 saturated carbocycles. The van der Waals surface area contributed by atoms with Gasteiger partial charge in [0.15, 0.2) is 13.6 Å². The molecule has 1 rings (SSSR count). The van der Waals surface area contributed by atoms with Crippen molar-refractivity contribution < 1.29 is 9.55 Å². The third-order valence-electron chi connectivity index (χ3n) is 1.83. The van der Waals surface area contributed by atoms with E-state index in [1.165, 1.54) is 7.05 Å². The molecule has 0 radical (unpaired) electrons. The van der Waals surface area contributed by atoms with E-state index >= 15 is 0 Å². The first-order valence-electron chi connectivity index (χ1n) is 4.47. The first-order valence-corrected chi connectivity index (χ1v) is 4.47. The summed E-state index contributed by atoms with van der Waals surface area (Å²) >= 11 is 0. The summed E-state index contributed by atoms with van der Waals surface area (Å²) in [4.78, 5) is 25.8. The van der Waals surface area contributed by atoms with Gasteiger partial charge < -0.3 is 0 Å². The van der Waals surface area contributed by atoms with E-state index in [4.69, 9.17) is 0 Å². The highest BCUT2D eigenvalue weighted by atomic mass is 16.3. The number of nitroso groups, excluding NO2 is 1. The molecule has 0 saturated heterocycles. The van der Waals surface area contributed by atoms with Crippen LogP contribution in [0.1, 0.15) is 12.0 Å². The van der Waals surface area contributed by atoms with E-state index in [1.807, 2.05) is 6.07 Å². The Morgan fingerprint density at radius 1 is 1.57 bits per heavy atom. The van der Waals surface area contributed by atoms with E-state index in [-0.39, 0.29) is 12.3 Å². The van der Waals surface area contributed by atoms with Crippen molar-refractivity contribution in [3.05, 3.63) is 35.0 Å². The van der Waals surface area contributed by atoms with Gasteiger partial charge in [-0.1, -0.05) is 6.07 Å². The topological polar surface area (TPSA) is 50.0 Å². The molecule has 1 aromatic rings. The lowest BCUT2D eigenvalue weighted by molar-refractivity contribution is -0.517. The van der Waals surface area contributed by atoms with Crippen LogP contribution in [0.3, 0.4) is 0 Å². The van der Waals surface area contributed by atoms with Crippen molar-refractivity contribution in [3.63, 3.8) is 0 Å². The number of carbonyl (C=O) groups excluding carboxylic acids is 1. The normalized spacial score (nSPS) is 9.79. The van der Waals surface area contributed by atoms with Crippen molar-refractivity contribution in [2.24, 2.45) is 0 Å². The van der Waals surface area contributed by atoms with E-state index < -0.39 is 0 Å². The largest absolute Gasteiger partial charge is 0.299 e. The Bertz CT molecular complexity index is 322. The van der Waals surface area contributed by atoms with Crippen molar-refractivity contribution in [2.45, 2.75) is 12.8 Å². The first-order chi connectivity index (χ1) is 6.68. The van der Waals surface area contributed by atoms with Crippen LogP contribution in [0, 0.1) is 4.91 Å². The minimum Gasteiger partial charge on any atom is -0.299 e. The molecule has 14 heavy (non-hydrogen) atoms. The Kier molecular flexibility index (Phi) is 3.91. The molecular weight excluding hydrogens is 180 g/mol. The third-order valence-corrected chi connectivity index (χ3v) is 1.83. The van der Waals surface area contributed by atoms with Crippen LogP contribution in [0.2, 0.25) is 0 Å². The van der Waals surface area contributed by atoms with Crippen LogP contribution in [-0.2, 0) is 11.2 Å². The highest BCUT2D eigenvalue weighted by Crippen LogP contribution is 1.99. The van der Waals surface area contributed by atoms with Gasteiger partial charge in [0.05, 0.1) is 6.42 Å². The fraction of sp³-hybridized carbons (Fsp3) is 0.400. The molecule has 1 heterocycles. The molecule has 0 aromatic carbocycles. The predicted molar refractivity (Wildman–Crippen MR) is 52.0 cm³/mol. The van der Waals surface area contributed by atoms with Crippen LogP contribution in [0.25, 0.3) is 0 Å². The number of hydrogen-bond acceptors (Lipinski definition) is 3. The van der Waals surface area contributed by atoms with E-state index in [9.17, 15) is 9.70 Å². The smallest absolute Gasteiger partial charge is 0.198 e. The lowest BCUT2D eigenvalue weighted by atomic mass is 10.1. The number of ketones is 1.